The molecule has 0 spiro atoms. The molecule has 0 unspecified atom stereocenters. The third-order valence-corrected chi connectivity index (χ3v) is 4.97. The fraction of sp³-hybridized carbons (Fsp3) is 0.263. The van der Waals surface area contributed by atoms with Crippen LogP contribution in [0.4, 0.5) is 5.13 Å². The summed E-state index contributed by atoms with van der Waals surface area (Å²) < 4.78 is 16.8. The summed E-state index contributed by atoms with van der Waals surface area (Å²) in [6.07, 6.45) is 0. The first-order chi connectivity index (χ1) is 12.7. The Balaban J connectivity index is 1.97. The number of thiazole rings is 1. The predicted octanol–water partition coefficient (Wildman–Crippen LogP) is 3.61. The Hall–Kier alpha value is -2.64. The highest BCUT2D eigenvalue weighted by Gasteiger charge is 2.22. The zero-order valence-electron chi connectivity index (χ0n) is 14.9. The fourth-order valence-corrected chi connectivity index (χ4v) is 3.56. The lowest BCUT2D eigenvalue weighted by Gasteiger charge is -2.20. The van der Waals surface area contributed by atoms with Crippen molar-refractivity contribution in [3.05, 3.63) is 48.0 Å². The molecule has 3 aromatic rings. The van der Waals surface area contributed by atoms with E-state index in [-0.39, 0.29) is 5.91 Å². The van der Waals surface area contributed by atoms with Gasteiger partial charge in [-0.15, -0.1) is 0 Å². The Kier molecular flexibility index (Phi) is 5.70. The first-order valence-corrected chi connectivity index (χ1v) is 8.88. The molecule has 0 aliphatic heterocycles. The third kappa shape index (κ3) is 3.63. The minimum absolute atomic E-state index is 0.165. The van der Waals surface area contributed by atoms with Crippen molar-refractivity contribution in [2.45, 2.75) is 0 Å². The molecule has 0 aliphatic rings. The Morgan fingerprint density at radius 3 is 2.54 bits per heavy atom. The SMILES string of the molecule is COCCN(C(=O)c1ccc(OC)c(OC)c1)c1nc2ccccc2s1. The number of carbonyl (C=O) groups is 1. The number of hydrogen-bond donors (Lipinski definition) is 0. The second-order valence-electron chi connectivity index (χ2n) is 5.48. The molecular weight excluding hydrogens is 352 g/mol. The number of benzene rings is 2. The second-order valence-corrected chi connectivity index (χ2v) is 6.49. The van der Waals surface area contributed by atoms with Crippen LogP contribution in [0.2, 0.25) is 0 Å². The van der Waals surface area contributed by atoms with E-state index in [0.29, 0.717) is 35.3 Å². The molecule has 7 heteroatoms. The first kappa shape index (κ1) is 18.2. The lowest BCUT2D eigenvalue weighted by molar-refractivity contribution is 0.0975. The lowest BCUT2D eigenvalue weighted by atomic mass is 10.1. The van der Waals surface area contributed by atoms with Crippen LogP contribution in [0, 0.1) is 0 Å². The Morgan fingerprint density at radius 2 is 1.85 bits per heavy atom. The summed E-state index contributed by atoms with van der Waals surface area (Å²) in [4.78, 5) is 19.4. The normalized spacial score (nSPS) is 10.7. The van der Waals surface area contributed by atoms with Crippen molar-refractivity contribution in [3.63, 3.8) is 0 Å². The van der Waals surface area contributed by atoms with Crippen molar-refractivity contribution in [2.75, 3.05) is 39.4 Å². The standard InChI is InChI=1S/C19H20N2O4S/c1-23-11-10-21(19-20-14-6-4-5-7-17(14)26-19)18(22)13-8-9-15(24-2)16(12-13)25-3/h4-9,12H,10-11H2,1-3H3. The number of anilines is 1. The van der Waals surface area contributed by atoms with E-state index >= 15 is 0 Å². The Labute approximate surface area is 155 Å². The van der Waals surface area contributed by atoms with Gasteiger partial charge in [0.1, 0.15) is 0 Å². The van der Waals surface area contributed by atoms with Gasteiger partial charge in [-0.2, -0.15) is 0 Å². The molecule has 1 heterocycles. The summed E-state index contributed by atoms with van der Waals surface area (Å²) >= 11 is 1.48. The van der Waals surface area contributed by atoms with Crippen molar-refractivity contribution >= 4 is 32.6 Å². The van der Waals surface area contributed by atoms with Gasteiger partial charge in [0, 0.05) is 12.7 Å². The molecular formula is C19H20N2O4S. The highest BCUT2D eigenvalue weighted by atomic mass is 32.1. The molecule has 0 bridgehead atoms. The van der Waals surface area contributed by atoms with Crippen LogP contribution in [0.1, 0.15) is 10.4 Å². The number of para-hydroxylation sites is 1. The van der Waals surface area contributed by atoms with Crippen molar-refractivity contribution in [1.82, 2.24) is 4.98 Å². The van der Waals surface area contributed by atoms with Crippen molar-refractivity contribution in [1.29, 1.82) is 0 Å². The second kappa shape index (κ2) is 8.16. The van der Waals surface area contributed by atoms with Crippen LogP contribution in [0.5, 0.6) is 11.5 Å². The maximum Gasteiger partial charge on any atom is 0.260 e. The van der Waals surface area contributed by atoms with Gasteiger partial charge in [0.2, 0.25) is 0 Å². The molecule has 3 rings (SSSR count). The van der Waals surface area contributed by atoms with E-state index in [2.05, 4.69) is 4.98 Å². The minimum Gasteiger partial charge on any atom is -0.493 e. The number of methoxy groups -OCH3 is 3. The molecule has 6 nitrogen and oxygen atoms in total. The number of rotatable bonds is 7. The molecule has 2 aromatic carbocycles. The van der Waals surface area contributed by atoms with Crippen LogP contribution in [-0.2, 0) is 4.74 Å². The molecule has 0 radical (unpaired) electrons. The van der Waals surface area contributed by atoms with Gasteiger partial charge in [-0.3, -0.25) is 9.69 Å². The summed E-state index contributed by atoms with van der Waals surface area (Å²) in [5.74, 6) is 0.920. The number of aromatic nitrogens is 1. The molecule has 0 fully saturated rings. The number of hydrogen-bond acceptors (Lipinski definition) is 6. The Morgan fingerprint density at radius 1 is 1.08 bits per heavy atom. The molecule has 0 saturated carbocycles. The zero-order chi connectivity index (χ0) is 18.5. The van der Waals surface area contributed by atoms with E-state index in [0.717, 1.165) is 10.2 Å². The van der Waals surface area contributed by atoms with Crippen LogP contribution >= 0.6 is 11.3 Å². The predicted molar refractivity (Wildman–Crippen MR) is 103 cm³/mol. The highest BCUT2D eigenvalue weighted by Crippen LogP contribution is 2.32. The summed E-state index contributed by atoms with van der Waals surface area (Å²) in [5, 5.41) is 0.642. The number of carbonyl (C=O) groups excluding carboxylic acids is 1. The van der Waals surface area contributed by atoms with Crippen molar-refractivity contribution in [3.8, 4) is 11.5 Å². The number of nitrogens with zero attached hydrogens (tertiary/aromatic N) is 2. The summed E-state index contributed by atoms with van der Waals surface area (Å²) in [6.45, 7) is 0.818. The molecule has 26 heavy (non-hydrogen) atoms. The van der Waals surface area contributed by atoms with Crippen LogP contribution in [0.15, 0.2) is 42.5 Å². The van der Waals surface area contributed by atoms with Gasteiger partial charge in [-0.05, 0) is 30.3 Å². The molecule has 0 aliphatic carbocycles. The number of fused-ring (bicyclic) bond motifs is 1. The van der Waals surface area contributed by atoms with Gasteiger partial charge in [0.25, 0.3) is 5.91 Å². The average molecular weight is 372 g/mol. The monoisotopic (exact) mass is 372 g/mol. The fourth-order valence-electron chi connectivity index (χ4n) is 2.57. The van der Waals surface area contributed by atoms with Crippen molar-refractivity contribution < 1.29 is 19.0 Å². The van der Waals surface area contributed by atoms with E-state index in [1.54, 1.807) is 44.4 Å². The molecule has 1 amide bonds. The summed E-state index contributed by atoms with van der Waals surface area (Å²) in [5.41, 5.74) is 1.37. The van der Waals surface area contributed by atoms with E-state index in [4.69, 9.17) is 14.2 Å². The number of amides is 1. The maximum absolute atomic E-state index is 13.1. The smallest absolute Gasteiger partial charge is 0.260 e. The van der Waals surface area contributed by atoms with Gasteiger partial charge in [-0.1, -0.05) is 23.5 Å². The largest absolute Gasteiger partial charge is 0.493 e. The van der Waals surface area contributed by atoms with E-state index < -0.39 is 0 Å². The zero-order valence-corrected chi connectivity index (χ0v) is 15.7. The van der Waals surface area contributed by atoms with E-state index in [1.807, 2.05) is 24.3 Å². The lowest BCUT2D eigenvalue weighted by Crippen LogP contribution is -2.33. The maximum atomic E-state index is 13.1. The highest BCUT2D eigenvalue weighted by molar-refractivity contribution is 7.22. The van der Waals surface area contributed by atoms with Crippen LogP contribution in [-0.4, -0.2) is 45.4 Å². The van der Waals surface area contributed by atoms with Crippen LogP contribution in [0.3, 0.4) is 0 Å². The van der Waals surface area contributed by atoms with Crippen LogP contribution < -0.4 is 14.4 Å². The first-order valence-electron chi connectivity index (χ1n) is 8.06. The summed E-state index contributed by atoms with van der Waals surface area (Å²) in [6, 6.07) is 12.9. The van der Waals surface area contributed by atoms with Crippen molar-refractivity contribution in [2.24, 2.45) is 0 Å². The van der Waals surface area contributed by atoms with Gasteiger partial charge in [-0.25, -0.2) is 4.98 Å². The summed E-state index contributed by atoms with van der Waals surface area (Å²) in [7, 11) is 4.71. The molecule has 0 atom stereocenters. The quantitative estimate of drug-likeness (QED) is 0.634. The topological polar surface area (TPSA) is 60.9 Å². The van der Waals surface area contributed by atoms with E-state index in [9.17, 15) is 4.79 Å². The van der Waals surface area contributed by atoms with E-state index in [1.165, 1.54) is 11.3 Å². The molecule has 136 valence electrons. The number of ether oxygens (including phenoxy) is 3. The van der Waals surface area contributed by atoms with Gasteiger partial charge >= 0.3 is 0 Å². The Bertz CT molecular complexity index is 876. The van der Waals surface area contributed by atoms with Gasteiger partial charge < -0.3 is 14.2 Å². The van der Waals surface area contributed by atoms with Crippen LogP contribution in [0.25, 0.3) is 10.2 Å². The average Bonchev–Trinajstić information content (AvgIpc) is 3.11. The van der Waals surface area contributed by atoms with Gasteiger partial charge in [0.15, 0.2) is 16.6 Å². The molecule has 1 aromatic heterocycles. The van der Waals surface area contributed by atoms with Gasteiger partial charge in [0.05, 0.1) is 37.6 Å². The molecule has 0 N–H and O–H groups in total. The third-order valence-electron chi connectivity index (χ3n) is 3.91. The molecule has 0 saturated heterocycles. The minimum atomic E-state index is -0.165.